The molecular weight excluding hydrogens is 465 g/mol. The van der Waals surface area contributed by atoms with Crippen molar-refractivity contribution in [3.05, 3.63) is 30.1 Å². The van der Waals surface area contributed by atoms with Crippen molar-refractivity contribution in [1.29, 1.82) is 0 Å². The fourth-order valence-corrected chi connectivity index (χ4v) is 5.97. The van der Waals surface area contributed by atoms with Gasteiger partial charge in [-0.05, 0) is 56.9 Å². The Hall–Kier alpha value is -2.88. The number of hydrogen-bond acceptors (Lipinski definition) is 6. The van der Waals surface area contributed by atoms with E-state index in [1.54, 1.807) is 4.90 Å². The molecule has 0 saturated carbocycles. The van der Waals surface area contributed by atoms with Gasteiger partial charge in [0.05, 0.1) is 12.5 Å². The first kappa shape index (κ1) is 26.2. The van der Waals surface area contributed by atoms with Crippen molar-refractivity contribution in [2.45, 2.75) is 44.7 Å². The van der Waals surface area contributed by atoms with Crippen LogP contribution in [0.3, 0.4) is 0 Å². The van der Waals surface area contributed by atoms with Crippen LogP contribution < -0.4 is 10.2 Å². The summed E-state index contributed by atoms with van der Waals surface area (Å²) in [5, 5.41) is 2.43. The molecule has 1 N–H and O–H groups in total. The number of methoxy groups -OCH3 is 1. The number of piperazine rings is 1. The number of nitrogens with one attached hydrogen (secondary N) is 1. The third kappa shape index (κ3) is 5.58. The summed E-state index contributed by atoms with van der Waals surface area (Å²) in [7, 11) is 3.17. The molecule has 0 unspecified atom stereocenters. The Kier molecular flexibility index (Phi) is 8.02. The summed E-state index contributed by atoms with van der Waals surface area (Å²) in [6, 6.07) is 7.26. The molecule has 0 aliphatic carbocycles. The number of ether oxygens (including phenoxy) is 1. The van der Waals surface area contributed by atoms with Crippen molar-refractivity contribution < 1.29 is 23.5 Å². The topological polar surface area (TPSA) is 85.4 Å². The molecule has 0 aromatic heterocycles. The number of piperidine rings is 1. The largest absolute Gasteiger partial charge is 0.453 e. The third-order valence-electron chi connectivity index (χ3n) is 8.30. The van der Waals surface area contributed by atoms with Crippen LogP contribution in [0.15, 0.2) is 24.3 Å². The number of hydrogen-bond donors (Lipinski definition) is 1. The smallest absolute Gasteiger partial charge is 0.407 e. The van der Waals surface area contributed by atoms with Crippen molar-refractivity contribution in [1.82, 2.24) is 20.0 Å². The van der Waals surface area contributed by atoms with Crippen LogP contribution in [0.2, 0.25) is 0 Å². The number of amides is 3. The van der Waals surface area contributed by atoms with Gasteiger partial charge in [0.2, 0.25) is 11.8 Å². The molecule has 4 rings (SSSR count). The van der Waals surface area contributed by atoms with E-state index in [4.69, 9.17) is 0 Å². The molecule has 10 heteroatoms. The first-order valence-corrected chi connectivity index (χ1v) is 12.8. The molecule has 0 bridgehead atoms. The molecule has 3 aliphatic heterocycles. The zero-order valence-corrected chi connectivity index (χ0v) is 21.5. The molecule has 0 radical (unpaired) electrons. The summed E-state index contributed by atoms with van der Waals surface area (Å²) in [6.07, 6.45) is 2.44. The molecule has 36 heavy (non-hydrogen) atoms. The fraction of sp³-hybridized carbons (Fsp3) is 0.654. The summed E-state index contributed by atoms with van der Waals surface area (Å²) in [4.78, 5) is 45.3. The van der Waals surface area contributed by atoms with Gasteiger partial charge in [-0.2, -0.15) is 0 Å². The van der Waals surface area contributed by atoms with E-state index in [1.165, 1.54) is 19.2 Å². The number of anilines is 1. The number of carbonyl (C=O) groups excluding carboxylic acids is 3. The molecule has 9 nitrogen and oxygen atoms in total. The van der Waals surface area contributed by atoms with E-state index in [2.05, 4.69) is 26.8 Å². The highest BCUT2D eigenvalue weighted by atomic mass is 19.1. The molecule has 3 amide bonds. The molecule has 2 atom stereocenters. The van der Waals surface area contributed by atoms with Crippen LogP contribution in [-0.4, -0.2) is 105 Å². The zero-order valence-electron chi connectivity index (χ0n) is 21.5. The number of nitrogens with zero attached hydrogens (tertiary/aromatic N) is 4. The first-order chi connectivity index (χ1) is 17.2. The number of likely N-dealkylation sites (tertiary alicyclic amines) is 2. The fourth-order valence-electron chi connectivity index (χ4n) is 5.97. The minimum absolute atomic E-state index is 0.0945. The van der Waals surface area contributed by atoms with Crippen molar-refractivity contribution in [2.75, 3.05) is 64.9 Å². The second-order valence-electron chi connectivity index (χ2n) is 10.4. The summed E-state index contributed by atoms with van der Waals surface area (Å²) < 4.78 is 17.8. The van der Waals surface area contributed by atoms with Gasteiger partial charge in [-0.1, -0.05) is 0 Å². The van der Waals surface area contributed by atoms with Gasteiger partial charge >= 0.3 is 6.09 Å². The quantitative estimate of drug-likeness (QED) is 0.639. The van der Waals surface area contributed by atoms with Crippen LogP contribution in [0.5, 0.6) is 0 Å². The van der Waals surface area contributed by atoms with Crippen molar-refractivity contribution in [2.24, 2.45) is 5.41 Å². The maximum Gasteiger partial charge on any atom is 0.407 e. The van der Waals surface area contributed by atoms with E-state index in [1.807, 2.05) is 24.1 Å². The van der Waals surface area contributed by atoms with Crippen molar-refractivity contribution >= 4 is 23.6 Å². The van der Waals surface area contributed by atoms with E-state index in [0.29, 0.717) is 32.0 Å². The molecule has 1 spiro atoms. The summed E-state index contributed by atoms with van der Waals surface area (Å²) in [5.41, 5.74) is 0.663. The highest BCUT2D eigenvalue weighted by Crippen LogP contribution is 2.44. The molecule has 3 fully saturated rings. The second kappa shape index (κ2) is 11.0. The molecule has 3 heterocycles. The second-order valence-corrected chi connectivity index (χ2v) is 10.4. The standard InChI is InChI=1S/C26H38FN5O4/c1-19-18-32(21-6-4-20(27)5-7-21)15-14-30(19)11-8-22-16-26(24(34)29(22)2)9-12-31(13-10-26)23(33)17-28-25(35)36-3/h4-7,19,22H,8-18H2,1-3H3,(H,28,35)/t19-,22-/m0/s1. The summed E-state index contributed by atoms with van der Waals surface area (Å²) in [6.45, 7) is 6.83. The molecular formula is C26H38FN5O4. The lowest BCUT2D eigenvalue weighted by Crippen LogP contribution is -2.52. The van der Waals surface area contributed by atoms with Crippen LogP contribution >= 0.6 is 0 Å². The highest BCUT2D eigenvalue weighted by Gasteiger charge is 2.51. The van der Waals surface area contributed by atoms with Crippen LogP contribution in [-0.2, 0) is 14.3 Å². The molecule has 3 saturated heterocycles. The minimum Gasteiger partial charge on any atom is -0.453 e. The Balaban J connectivity index is 1.25. The SMILES string of the molecule is COC(=O)NCC(=O)N1CCC2(CC1)C[C@H](CCN1CCN(c3ccc(F)cc3)C[C@@H]1C)N(C)C2=O. The molecule has 198 valence electrons. The van der Waals surface area contributed by atoms with Gasteiger partial charge < -0.3 is 24.8 Å². The van der Waals surface area contributed by atoms with Gasteiger partial charge in [-0.15, -0.1) is 0 Å². The van der Waals surface area contributed by atoms with Crippen LogP contribution in [0.25, 0.3) is 0 Å². The highest BCUT2D eigenvalue weighted by molar-refractivity contribution is 5.86. The van der Waals surface area contributed by atoms with Gasteiger partial charge in [0.1, 0.15) is 12.4 Å². The Morgan fingerprint density at radius 2 is 1.83 bits per heavy atom. The van der Waals surface area contributed by atoms with E-state index < -0.39 is 11.5 Å². The van der Waals surface area contributed by atoms with Crippen molar-refractivity contribution in [3.63, 3.8) is 0 Å². The van der Waals surface area contributed by atoms with Gasteiger partial charge in [0.15, 0.2) is 0 Å². The minimum atomic E-state index is -0.626. The predicted octanol–water partition coefficient (Wildman–Crippen LogP) is 1.92. The van der Waals surface area contributed by atoms with E-state index in [-0.39, 0.29) is 30.2 Å². The maximum atomic E-state index is 13.3. The monoisotopic (exact) mass is 503 g/mol. The lowest BCUT2D eigenvalue weighted by molar-refractivity contribution is -0.141. The van der Waals surface area contributed by atoms with Gasteiger partial charge in [0, 0.05) is 64.1 Å². The number of alkyl carbamates (subject to hydrolysis) is 1. The molecule has 1 aromatic rings. The van der Waals surface area contributed by atoms with Crippen LogP contribution in [0.1, 0.15) is 32.6 Å². The lowest BCUT2D eigenvalue weighted by atomic mass is 9.75. The Morgan fingerprint density at radius 1 is 1.14 bits per heavy atom. The van der Waals surface area contributed by atoms with Gasteiger partial charge in [-0.25, -0.2) is 9.18 Å². The normalized spacial score (nSPS) is 24.3. The van der Waals surface area contributed by atoms with Crippen molar-refractivity contribution in [3.8, 4) is 0 Å². The Labute approximate surface area is 212 Å². The zero-order chi connectivity index (χ0) is 25.9. The molecule has 3 aliphatic rings. The Morgan fingerprint density at radius 3 is 2.47 bits per heavy atom. The summed E-state index contributed by atoms with van der Waals surface area (Å²) in [5.74, 6) is -0.174. The number of rotatable bonds is 6. The first-order valence-electron chi connectivity index (χ1n) is 12.8. The maximum absolute atomic E-state index is 13.3. The lowest BCUT2D eigenvalue weighted by Gasteiger charge is -2.41. The number of carbonyl (C=O) groups is 3. The summed E-state index contributed by atoms with van der Waals surface area (Å²) >= 11 is 0. The number of benzene rings is 1. The van der Waals surface area contributed by atoms with E-state index in [0.717, 1.165) is 44.7 Å². The third-order valence-corrected chi connectivity index (χ3v) is 8.30. The molecule has 1 aromatic carbocycles. The van der Waals surface area contributed by atoms with E-state index >= 15 is 0 Å². The predicted molar refractivity (Wildman–Crippen MR) is 134 cm³/mol. The van der Waals surface area contributed by atoms with Crippen LogP contribution in [0, 0.1) is 11.2 Å². The Bertz CT molecular complexity index is 950. The van der Waals surface area contributed by atoms with Gasteiger partial charge in [-0.3, -0.25) is 14.5 Å². The van der Waals surface area contributed by atoms with Gasteiger partial charge in [0.25, 0.3) is 0 Å². The number of halogens is 1. The van der Waals surface area contributed by atoms with Crippen LogP contribution in [0.4, 0.5) is 14.9 Å². The van der Waals surface area contributed by atoms with E-state index in [9.17, 15) is 18.8 Å². The average molecular weight is 504 g/mol. The average Bonchev–Trinajstić information content (AvgIpc) is 3.11.